The van der Waals surface area contributed by atoms with Crippen molar-refractivity contribution < 1.29 is 0 Å². The molecule has 2 N–H and O–H groups in total. The lowest BCUT2D eigenvalue weighted by Gasteiger charge is -2.47. The van der Waals surface area contributed by atoms with E-state index < -0.39 is 0 Å². The number of aryl methyl sites for hydroxylation is 1. The van der Waals surface area contributed by atoms with Crippen molar-refractivity contribution in [3.8, 4) is 0 Å². The first kappa shape index (κ1) is 21.5. The van der Waals surface area contributed by atoms with Crippen molar-refractivity contribution in [2.24, 2.45) is 4.99 Å². The number of fused-ring (bicyclic) bond motifs is 2. The van der Waals surface area contributed by atoms with Crippen LogP contribution in [0.4, 0.5) is 0 Å². The summed E-state index contributed by atoms with van der Waals surface area (Å²) in [4.78, 5) is 7.07. The van der Waals surface area contributed by atoms with E-state index in [1.54, 1.807) is 0 Å². The molecule has 1 aromatic carbocycles. The van der Waals surface area contributed by atoms with Gasteiger partial charge in [-0.25, -0.2) is 0 Å². The molecular weight excluding hydrogens is 435 g/mol. The van der Waals surface area contributed by atoms with Crippen LogP contribution in [-0.4, -0.2) is 49.6 Å². The Kier molecular flexibility index (Phi) is 8.20. The van der Waals surface area contributed by atoms with Crippen molar-refractivity contribution in [3.05, 3.63) is 35.4 Å². The molecule has 2 bridgehead atoms. The van der Waals surface area contributed by atoms with Gasteiger partial charge < -0.3 is 15.5 Å². The molecule has 3 atom stereocenters. The molecule has 3 rings (SSSR count). The highest BCUT2D eigenvalue weighted by atomic mass is 127. The molecule has 26 heavy (non-hydrogen) atoms. The van der Waals surface area contributed by atoms with Crippen LogP contribution in [0.3, 0.4) is 0 Å². The Labute approximate surface area is 176 Å². The smallest absolute Gasteiger partial charge is 0.191 e. The molecule has 0 radical (unpaired) electrons. The third-order valence-electron chi connectivity index (χ3n) is 6.09. The Morgan fingerprint density at radius 3 is 2.58 bits per heavy atom. The Bertz CT molecular complexity index is 589. The predicted molar refractivity (Wildman–Crippen MR) is 122 cm³/mol. The Morgan fingerprint density at radius 2 is 1.96 bits per heavy atom. The highest BCUT2D eigenvalue weighted by molar-refractivity contribution is 14.0. The molecule has 2 heterocycles. The average molecular weight is 470 g/mol. The first-order valence-corrected chi connectivity index (χ1v) is 9.82. The predicted octanol–water partition coefficient (Wildman–Crippen LogP) is 3.90. The van der Waals surface area contributed by atoms with Crippen LogP contribution in [0.1, 0.15) is 56.1 Å². The van der Waals surface area contributed by atoms with E-state index in [2.05, 4.69) is 65.7 Å². The SMILES string of the molecule is CN=C(NCC(C)c1cccc(C)c1)NC1CC2CCCC(C1)N2C.I. The maximum atomic E-state index is 4.46. The van der Waals surface area contributed by atoms with Gasteiger partial charge in [0.25, 0.3) is 0 Å². The van der Waals surface area contributed by atoms with Crippen LogP contribution in [0.2, 0.25) is 0 Å². The lowest BCUT2D eigenvalue weighted by molar-refractivity contribution is 0.0526. The number of guanidine groups is 1. The van der Waals surface area contributed by atoms with Crippen LogP contribution in [0.5, 0.6) is 0 Å². The molecule has 0 aliphatic carbocycles. The zero-order chi connectivity index (χ0) is 17.8. The molecule has 1 aromatic rings. The fourth-order valence-corrected chi connectivity index (χ4v) is 4.47. The van der Waals surface area contributed by atoms with E-state index in [4.69, 9.17) is 0 Å². The minimum Gasteiger partial charge on any atom is -0.356 e. The second-order valence-electron chi connectivity index (χ2n) is 7.98. The van der Waals surface area contributed by atoms with Gasteiger partial charge in [-0.1, -0.05) is 43.2 Å². The molecule has 2 saturated heterocycles. The molecule has 0 saturated carbocycles. The normalized spacial score (nSPS) is 27.4. The molecule has 2 aliphatic heterocycles. The molecule has 2 fully saturated rings. The molecule has 0 spiro atoms. The largest absolute Gasteiger partial charge is 0.356 e. The summed E-state index contributed by atoms with van der Waals surface area (Å²) in [7, 11) is 4.18. The Balaban J connectivity index is 0.00000243. The van der Waals surface area contributed by atoms with E-state index in [0.29, 0.717) is 12.0 Å². The molecule has 2 aliphatic rings. The number of hydrogen-bond donors (Lipinski definition) is 2. The summed E-state index contributed by atoms with van der Waals surface area (Å²) >= 11 is 0. The van der Waals surface area contributed by atoms with Crippen molar-refractivity contribution in [2.45, 2.75) is 70.0 Å². The lowest BCUT2D eigenvalue weighted by Crippen LogP contribution is -2.56. The second-order valence-corrected chi connectivity index (χ2v) is 7.98. The number of halogens is 1. The van der Waals surface area contributed by atoms with E-state index in [1.165, 1.54) is 43.2 Å². The summed E-state index contributed by atoms with van der Waals surface area (Å²) in [5.41, 5.74) is 2.71. The van der Waals surface area contributed by atoms with Gasteiger partial charge in [-0.3, -0.25) is 4.99 Å². The van der Waals surface area contributed by atoms with Gasteiger partial charge in [-0.2, -0.15) is 0 Å². The third kappa shape index (κ3) is 5.35. The van der Waals surface area contributed by atoms with Crippen LogP contribution in [0.15, 0.2) is 29.3 Å². The molecule has 5 heteroatoms. The number of benzene rings is 1. The van der Waals surface area contributed by atoms with Crippen molar-refractivity contribution in [1.29, 1.82) is 0 Å². The third-order valence-corrected chi connectivity index (χ3v) is 6.09. The zero-order valence-corrected chi connectivity index (χ0v) is 19.0. The van der Waals surface area contributed by atoms with Crippen LogP contribution in [0.25, 0.3) is 0 Å². The number of nitrogens with one attached hydrogen (secondary N) is 2. The first-order chi connectivity index (χ1) is 12.1. The fourth-order valence-electron chi connectivity index (χ4n) is 4.47. The van der Waals surface area contributed by atoms with Crippen molar-refractivity contribution in [1.82, 2.24) is 15.5 Å². The van der Waals surface area contributed by atoms with Gasteiger partial charge >= 0.3 is 0 Å². The molecular formula is C21H35IN4. The summed E-state index contributed by atoms with van der Waals surface area (Å²) in [5.74, 6) is 1.42. The number of piperidine rings is 2. The minimum atomic E-state index is 0. The molecule has 0 aromatic heterocycles. The van der Waals surface area contributed by atoms with Crippen LogP contribution >= 0.6 is 24.0 Å². The summed E-state index contributed by atoms with van der Waals surface area (Å²) in [6.07, 6.45) is 6.57. The maximum absolute atomic E-state index is 4.46. The molecule has 3 unspecified atom stereocenters. The topological polar surface area (TPSA) is 39.7 Å². The number of aliphatic imine (C=N–C) groups is 1. The van der Waals surface area contributed by atoms with E-state index in [-0.39, 0.29) is 24.0 Å². The van der Waals surface area contributed by atoms with E-state index >= 15 is 0 Å². The van der Waals surface area contributed by atoms with Gasteiger partial charge in [-0.05, 0) is 51.1 Å². The van der Waals surface area contributed by atoms with Gasteiger partial charge in [0.05, 0.1) is 0 Å². The van der Waals surface area contributed by atoms with E-state index in [0.717, 1.165) is 24.6 Å². The number of nitrogens with zero attached hydrogens (tertiary/aromatic N) is 2. The van der Waals surface area contributed by atoms with Crippen molar-refractivity contribution >= 4 is 29.9 Å². The number of rotatable bonds is 4. The van der Waals surface area contributed by atoms with Crippen LogP contribution in [0, 0.1) is 6.92 Å². The van der Waals surface area contributed by atoms with Crippen LogP contribution in [-0.2, 0) is 0 Å². The van der Waals surface area contributed by atoms with Gasteiger partial charge in [0.2, 0.25) is 0 Å². The second kappa shape index (κ2) is 9.93. The van der Waals surface area contributed by atoms with Gasteiger partial charge in [0.1, 0.15) is 0 Å². The standard InChI is InChI=1S/C21H34N4.HI/c1-15-7-5-8-17(11-15)16(2)14-23-21(22-3)24-18-12-19-9-6-10-20(13-18)25(19)4;/h5,7-8,11,16,18-20H,6,9-10,12-14H2,1-4H3,(H2,22,23,24);1H. The van der Waals surface area contributed by atoms with Gasteiger partial charge in [-0.15, -0.1) is 24.0 Å². The highest BCUT2D eigenvalue weighted by Crippen LogP contribution is 2.32. The highest BCUT2D eigenvalue weighted by Gasteiger charge is 2.36. The monoisotopic (exact) mass is 470 g/mol. The summed E-state index contributed by atoms with van der Waals surface area (Å²) < 4.78 is 0. The van der Waals surface area contributed by atoms with E-state index in [1.807, 2.05) is 7.05 Å². The summed E-state index contributed by atoms with van der Waals surface area (Å²) in [5, 5.41) is 7.22. The first-order valence-electron chi connectivity index (χ1n) is 9.82. The van der Waals surface area contributed by atoms with Gasteiger partial charge in [0, 0.05) is 31.7 Å². The Hall–Kier alpha value is -0.820. The van der Waals surface area contributed by atoms with Crippen molar-refractivity contribution in [3.63, 3.8) is 0 Å². The van der Waals surface area contributed by atoms with Gasteiger partial charge in [0.15, 0.2) is 5.96 Å². The Morgan fingerprint density at radius 1 is 1.27 bits per heavy atom. The van der Waals surface area contributed by atoms with Crippen LogP contribution < -0.4 is 10.6 Å². The lowest BCUT2D eigenvalue weighted by atomic mass is 9.82. The molecule has 0 amide bonds. The molecule has 4 nitrogen and oxygen atoms in total. The molecule has 146 valence electrons. The summed E-state index contributed by atoms with van der Waals surface area (Å²) in [6, 6.07) is 10.8. The quantitative estimate of drug-likeness (QED) is 0.399. The van der Waals surface area contributed by atoms with E-state index in [9.17, 15) is 0 Å². The average Bonchev–Trinajstić information content (AvgIpc) is 2.59. The fraction of sp³-hybridized carbons (Fsp3) is 0.667. The zero-order valence-electron chi connectivity index (χ0n) is 16.7. The van der Waals surface area contributed by atoms with Crippen molar-refractivity contribution in [2.75, 3.05) is 20.6 Å². The maximum Gasteiger partial charge on any atom is 0.191 e. The minimum absolute atomic E-state index is 0. The summed E-state index contributed by atoms with van der Waals surface area (Å²) in [6.45, 7) is 5.33. The number of hydrogen-bond acceptors (Lipinski definition) is 2.